The van der Waals surface area contributed by atoms with Gasteiger partial charge in [-0.15, -0.1) is 0 Å². The van der Waals surface area contributed by atoms with Crippen LogP contribution in [0, 0.1) is 5.92 Å². The lowest BCUT2D eigenvalue weighted by molar-refractivity contribution is 0.204. The maximum atomic E-state index is 9.56. The van der Waals surface area contributed by atoms with E-state index in [9.17, 15) is 5.11 Å². The Kier molecular flexibility index (Phi) is 5.27. The minimum Gasteiger partial charge on any atom is -0.395 e. The zero-order valence-electron chi connectivity index (χ0n) is 12.0. The topological polar surface area (TPSA) is 45.1 Å². The van der Waals surface area contributed by atoms with E-state index < -0.39 is 0 Å². The highest BCUT2D eigenvalue weighted by molar-refractivity contribution is 5.30. The van der Waals surface area contributed by atoms with Gasteiger partial charge in [0.2, 0.25) is 0 Å². The molecular formula is C17H22N2O. The Morgan fingerprint density at radius 2 is 1.60 bits per heavy atom. The molecule has 3 nitrogen and oxygen atoms in total. The molecule has 0 aliphatic rings. The van der Waals surface area contributed by atoms with Crippen molar-refractivity contribution in [1.29, 1.82) is 0 Å². The molecule has 0 spiro atoms. The molecule has 0 aliphatic carbocycles. The Morgan fingerprint density at radius 1 is 1.00 bits per heavy atom. The van der Waals surface area contributed by atoms with Crippen molar-refractivity contribution in [3.05, 3.63) is 66.0 Å². The van der Waals surface area contributed by atoms with Crippen molar-refractivity contribution in [2.75, 3.05) is 6.61 Å². The van der Waals surface area contributed by atoms with Gasteiger partial charge in [0.1, 0.15) is 0 Å². The van der Waals surface area contributed by atoms with Crippen molar-refractivity contribution in [2.45, 2.75) is 25.9 Å². The average molecular weight is 270 g/mol. The van der Waals surface area contributed by atoms with Crippen LogP contribution in [0.2, 0.25) is 0 Å². The van der Waals surface area contributed by atoms with E-state index in [-0.39, 0.29) is 18.7 Å². The van der Waals surface area contributed by atoms with Crippen LogP contribution < -0.4 is 5.32 Å². The SMILES string of the molecule is CC(C)[C@@H](CO)NC(c1ccccc1)c1ccncc1. The van der Waals surface area contributed by atoms with Crippen LogP contribution in [0.1, 0.15) is 31.0 Å². The van der Waals surface area contributed by atoms with E-state index in [4.69, 9.17) is 0 Å². The summed E-state index contributed by atoms with van der Waals surface area (Å²) in [5.41, 5.74) is 2.35. The number of hydrogen-bond donors (Lipinski definition) is 2. The van der Waals surface area contributed by atoms with Gasteiger partial charge in [0.05, 0.1) is 12.6 Å². The summed E-state index contributed by atoms with van der Waals surface area (Å²) < 4.78 is 0. The van der Waals surface area contributed by atoms with Crippen molar-refractivity contribution >= 4 is 0 Å². The van der Waals surface area contributed by atoms with E-state index in [0.29, 0.717) is 5.92 Å². The Bertz CT molecular complexity index is 459. The molecule has 0 radical (unpaired) electrons. The predicted octanol–water partition coefficient (Wildman–Crippen LogP) is 2.78. The lowest BCUT2D eigenvalue weighted by Gasteiger charge is -2.27. The van der Waals surface area contributed by atoms with Gasteiger partial charge in [0.15, 0.2) is 0 Å². The first-order valence-corrected chi connectivity index (χ1v) is 7.04. The highest BCUT2D eigenvalue weighted by Gasteiger charge is 2.20. The van der Waals surface area contributed by atoms with Crippen LogP contribution in [-0.2, 0) is 0 Å². The Balaban J connectivity index is 2.30. The van der Waals surface area contributed by atoms with Crippen LogP contribution in [0.3, 0.4) is 0 Å². The molecule has 1 aromatic heterocycles. The summed E-state index contributed by atoms with van der Waals surface area (Å²) >= 11 is 0. The highest BCUT2D eigenvalue weighted by Crippen LogP contribution is 2.23. The minimum atomic E-state index is 0.0633. The first-order chi connectivity index (χ1) is 9.72. The van der Waals surface area contributed by atoms with Crippen molar-refractivity contribution in [2.24, 2.45) is 5.92 Å². The minimum absolute atomic E-state index is 0.0633. The Labute approximate surface area is 120 Å². The second kappa shape index (κ2) is 7.17. The molecule has 0 aliphatic heterocycles. The van der Waals surface area contributed by atoms with Gasteiger partial charge >= 0.3 is 0 Å². The second-order valence-electron chi connectivity index (χ2n) is 5.32. The smallest absolute Gasteiger partial charge is 0.0587 e. The monoisotopic (exact) mass is 270 g/mol. The second-order valence-corrected chi connectivity index (χ2v) is 5.32. The fourth-order valence-corrected chi connectivity index (χ4v) is 2.26. The highest BCUT2D eigenvalue weighted by atomic mass is 16.3. The molecule has 0 saturated heterocycles. The molecule has 2 rings (SSSR count). The third kappa shape index (κ3) is 3.65. The molecule has 0 bridgehead atoms. The van der Waals surface area contributed by atoms with Gasteiger partial charge < -0.3 is 10.4 Å². The zero-order valence-corrected chi connectivity index (χ0v) is 12.0. The van der Waals surface area contributed by atoms with E-state index >= 15 is 0 Å². The van der Waals surface area contributed by atoms with Crippen molar-refractivity contribution in [3.63, 3.8) is 0 Å². The average Bonchev–Trinajstić information content (AvgIpc) is 2.50. The third-order valence-electron chi connectivity index (χ3n) is 3.55. The molecule has 2 N–H and O–H groups in total. The van der Waals surface area contributed by atoms with Crippen LogP contribution in [0.4, 0.5) is 0 Å². The number of pyridine rings is 1. The number of aliphatic hydroxyl groups excluding tert-OH is 1. The van der Waals surface area contributed by atoms with Crippen LogP contribution >= 0.6 is 0 Å². The van der Waals surface area contributed by atoms with Gasteiger partial charge in [-0.25, -0.2) is 0 Å². The maximum Gasteiger partial charge on any atom is 0.0587 e. The van der Waals surface area contributed by atoms with Gasteiger partial charge in [-0.1, -0.05) is 44.2 Å². The van der Waals surface area contributed by atoms with E-state index in [1.54, 1.807) is 12.4 Å². The van der Waals surface area contributed by atoms with E-state index in [0.717, 1.165) is 5.56 Å². The lowest BCUT2D eigenvalue weighted by atomic mass is 9.96. The summed E-state index contributed by atoms with van der Waals surface area (Å²) in [6, 6.07) is 14.5. The van der Waals surface area contributed by atoms with Crippen LogP contribution in [0.15, 0.2) is 54.9 Å². The first kappa shape index (κ1) is 14.7. The summed E-state index contributed by atoms with van der Waals surface area (Å²) in [5, 5.41) is 13.1. The molecule has 0 saturated carbocycles. The van der Waals surface area contributed by atoms with Gasteiger partial charge in [0, 0.05) is 18.4 Å². The van der Waals surface area contributed by atoms with Crippen molar-refractivity contribution in [3.8, 4) is 0 Å². The summed E-state index contributed by atoms with van der Waals surface area (Å²) in [7, 11) is 0. The van der Waals surface area contributed by atoms with Crippen molar-refractivity contribution < 1.29 is 5.11 Å². The lowest BCUT2D eigenvalue weighted by Crippen LogP contribution is -2.40. The summed E-state index contributed by atoms with van der Waals surface area (Å²) in [4.78, 5) is 4.08. The quantitative estimate of drug-likeness (QED) is 0.848. The van der Waals surface area contributed by atoms with E-state index in [1.165, 1.54) is 5.56 Å². The summed E-state index contributed by atoms with van der Waals surface area (Å²) in [6.45, 7) is 4.36. The predicted molar refractivity (Wildman–Crippen MR) is 81.4 cm³/mol. The summed E-state index contributed by atoms with van der Waals surface area (Å²) in [5.74, 6) is 0.369. The summed E-state index contributed by atoms with van der Waals surface area (Å²) in [6.07, 6.45) is 3.60. The molecule has 1 heterocycles. The Morgan fingerprint density at radius 3 is 2.15 bits per heavy atom. The molecular weight excluding hydrogens is 248 g/mol. The number of rotatable bonds is 6. The number of hydrogen-bond acceptors (Lipinski definition) is 3. The molecule has 106 valence electrons. The van der Waals surface area contributed by atoms with Gasteiger partial charge in [-0.05, 0) is 29.2 Å². The largest absolute Gasteiger partial charge is 0.395 e. The first-order valence-electron chi connectivity index (χ1n) is 7.04. The van der Waals surface area contributed by atoms with Crippen molar-refractivity contribution in [1.82, 2.24) is 10.3 Å². The van der Waals surface area contributed by atoms with Gasteiger partial charge in [0.25, 0.3) is 0 Å². The van der Waals surface area contributed by atoms with Crippen LogP contribution in [0.25, 0.3) is 0 Å². The van der Waals surface area contributed by atoms with E-state index in [2.05, 4.69) is 36.3 Å². The standard InChI is InChI=1S/C17H22N2O/c1-13(2)16(12-20)19-17(14-6-4-3-5-7-14)15-8-10-18-11-9-15/h3-11,13,16-17,19-20H,12H2,1-2H3/t16-,17?/m1/s1. The normalized spacial score (nSPS) is 14.2. The third-order valence-corrected chi connectivity index (χ3v) is 3.55. The molecule has 2 atom stereocenters. The molecule has 2 aromatic rings. The molecule has 0 fully saturated rings. The fraction of sp³-hybridized carbons (Fsp3) is 0.353. The molecule has 0 amide bonds. The fourth-order valence-electron chi connectivity index (χ4n) is 2.26. The number of nitrogens with zero attached hydrogens (tertiary/aromatic N) is 1. The maximum absolute atomic E-state index is 9.56. The number of nitrogens with one attached hydrogen (secondary N) is 1. The number of aliphatic hydroxyl groups is 1. The van der Waals surface area contributed by atoms with Crippen LogP contribution in [-0.4, -0.2) is 22.7 Å². The molecule has 20 heavy (non-hydrogen) atoms. The van der Waals surface area contributed by atoms with Gasteiger partial charge in [-0.2, -0.15) is 0 Å². The Hall–Kier alpha value is -1.71. The number of aromatic nitrogens is 1. The zero-order chi connectivity index (χ0) is 14.4. The molecule has 1 aromatic carbocycles. The van der Waals surface area contributed by atoms with Gasteiger partial charge in [-0.3, -0.25) is 4.98 Å². The van der Waals surface area contributed by atoms with Crippen LogP contribution in [0.5, 0.6) is 0 Å². The van der Waals surface area contributed by atoms with E-state index in [1.807, 2.05) is 30.3 Å². The molecule has 3 heteroatoms. The molecule has 1 unspecified atom stereocenters. The number of benzene rings is 1.